The third-order valence-corrected chi connectivity index (χ3v) is 6.24. The van der Waals surface area contributed by atoms with Gasteiger partial charge in [-0.25, -0.2) is 4.39 Å². The third-order valence-electron chi connectivity index (χ3n) is 6.24. The third kappa shape index (κ3) is 5.30. The fourth-order valence-corrected chi connectivity index (χ4v) is 4.31. The van der Waals surface area contributed by atoms with Crippen LogP contribution in [0.5, 0.6) is 0 Å². The number of halogens is 1. The number of aromatic nitrogens is 4. The van der Waals surface area contributed by atoms with E-state index in [4.69, 9.17) is 0 Å². The van der Waals surface area contributed by atoms with E-state index in [1.165, 1.54) is 16.7 Å². The number of carbonyl (C=O) groups excluding carboxylic acids is 1. The smallest absolute Gasteiger partial charge is 0.273 e. The molecular weight excluding hydrogens is 455 g/mol. The molecule has 6 nitrogen and oxygen atoms in total. The number of benzene rings is 2. The van der Waals surface area contributed by atoms with Crippen LogP contribution in [-0.4, -0.2) is 25.3 Å². The highest BCUT2D eigenvalue weighted by atomic mass is 19.1. The fourth-order valence-electron chi connectivity index (χ4n) is 4.31. The van der Waals surface area contributed by atoms with Gasteiger partial charge in [0.25, 0.3) is 5.56 Å². The van der Waals surface area contributed by atoms with Crippen LogP contribution in [0.15, 0.2) is 90.1 Å². The number of fused-ring (bicyclic) bond motifs is 1. The van der Waals surface area contributed by atoms with E-state index >= 15 is 0 Å². The molecule has 0 bridgehead atoms. The van der Waals surface area contributed by atoms with E-state index in [9.17, 15) is 14.0 Å². The minimum Gasteiger partial charge on any atom is -0.358 e. The van der Waals surface area contributed by atoms with Gasteiger partial charge in [-0.3, -0.25) is 24.1 Å². The number of aryl methyl sites for hydroxylation is 3. The molecule has 3 heterocycles. The fraction of sp³-hybridized carbons (Fsp3) is 0.172. The van der Waals surface area contributed by atoms with Crippen LogP contribution < -0.4 is 5.56 Å². The number of hydrogen-bond acceptors (Lipinski definition) is 4. The Morgan fingerprint density at radius 2 is 1.75 bits per heavy atom. The van der Waals surface area contributed by atoms with Crippen LogP contribution >= 0.6 is 0 Å². The van der Waals surface area contributed by atoms with Crippen molar-refractivity contribution in [1.82, 2.24) is 19.5 Å². The monoisotopic (exact) mass is 480 g/mol. The van der Waals surface area contributed by atoms with Gasteiger partial charge >= 0.3 is 0 Å². The lowest BCUT2D eigenvalue weighted by Crippen LogP contribution is -2.30. The molecule has 5 rings (SSSR count). The van der Waals surface area contributed by atoms with E-state index in [0.717, 1.165) is 27.7 Å². The van der Waals surface area contributed by atoms with E-state index in [-0.39, 0.29) is 23.7 Å². The van der Waals surface area contributed by atoms with Crippen LogP contribution in [0.1, 0.15) is 23.4 Å². The summed E-state index contributed by atoms with van der Waals surface area (Å²) in [5.74, 6) is -0.337. The summed E-state index contributed by atoms with van der Waals surface area (Å²) in [6, 6.07) is 19.6. The maximum Gasteiger partial charge on any atom is 0.273 e. The Morgan fingerprint density at radius 1 is 0.944 bits per heavy atom. The number of pyridine rings is 1. The summed E-state index contributed by atoms with van der Waals surface area (Å²) < 4.78 is 14.7. The second-order valence-corrected chi connectivity index (χ2v) is 8.77. The van der Waals surface area contributed by atoms with Crippen molar-refractivity contribution in [3.63, 3.8) is 0 Å². The Labute approximate surface area is 207 Å². The average molecular weight is 481 g/mol. The molecule has 180 valence electrons. The van der Waals surface area contributed by atoms with Crippen molar-refractivity contribution in [3.05, 3.63) is 118 Å². The first-order valence-corrected chi connectivity index (χ1v) is 11.9. The van der Waals surface area contributed by atoms with E-state index in [0.29, 0.717) is 37.1 Å². The minimum absolute atomic E-state index is 0.0308. The molecular formula is C29H25FN4O2. The summed E-state index contributed by atoms with van der Waals surface area (Å²) in [5, 5.41) is 1.00. The van der Waals surface area contributed by atoms with Gasteiger partial charge in [-0.2, -0.15) is 0 Å². The molecule has 0 aliphatic rings. The normalized spacial score (nSPS) is 11.1. The summed E-state index contributed by atoms with van der Waals surface area (Å²) in [4.78, 5) is 38.3. The Morgan fingerprint density at radius 3 is 2.53 bits per heavy atom. The SMILES string of the molecule is O=C(CCc1cc2cnccc2[nH]1)Cn1c(-c2ccccc2)cnc(CCc2ccc(F)cc2)c1=O. The molecule has 0 fully saturated rings. The minimum atomic E-state index is -0.297. The van der Waals surface area contributed by atoms with Crippen LogP contribution in [0.25, 0.3) is 22.2 Å². The van der Waals surface area contributed by atoms with Gasteiger partial charge in [0.1, 0.15) is 11.5 Å². The number of nitrogens with zero attached hydrogens (tertiary/aromatic N) is 3. The topological polar surface area (TPSA) is 80.6 Å². The maximum absolute atomic E-state index is 13.4. The molecule has 2 aromatic carbocycles. The molecule has 0 aliphatic heterocycles. The molecule has 0 atom stereocenters. The first-order valence-electron chi connectivity index (χ1n) is 11.9. The number of H-pyrrole nitrogens is 1. The van der Waals surface area contributed by atoms with Crippen molar-refractivity contribution in [2.45, 2.75) is 32.2 Å². The van der Waals surface area contributed by atoms with Gasteiger partial charge in [-0.05, 0) is 54.7 Å². The van der Waals surface area contributed by atoms with Crippen molar-refractivity contribution < 1.29 is 9.18 Å². The second kappa shape index (κ2) is 10.5. The molecule has 3 aromatic heterocycles. The van der Waals surface area contributed by atoms with E-state index < -0.39 is 0 Å². The van der Waals surface area contributed by atoms with E-state index in [1.54, 1.807) is 30.7 Å². The number of carbonyl (C=O) groups is 1. The lowest BCUT2D eigenvalue weighted by atomic mass is 10.1. The number of ketones is 1. The number of hydrogen-bond donors (Lipinski definition) is 1. The Bertz CT molecular complexity index is 1520. The molecule has 0 saturated carbocycles. The predicted octanol–water partition coefficient (Wildman–Crippen LogP) is 4.91. The first-order chi connectivity index (χ1) is 17.6. The van der Waals surface area contributed by atoms with Crippen LogP contribution in [0.4, 0.5) is 4.39 Å². The first kappa shape index (κ1) is 23.4. The zero-order chi connectivity index (χ0) is 24.9. The van der Waals surface area contributed by atoms with Gasteiger partial charge in [0.15, 0.2) is 5.78 Å². The van der Waals surface area contributed by atoms with Crippen molar-refractivity contribution in [1.29, 1.82) is 0 Å². The highest BCUT2D eigenvalue weighted by Gasteiger charge is 2.15. The van der Waals surface area contributed by atoms with Gasteiger partial charge in [-0.15, -0.1) is 0 Å². The van der Waals surface area contributed by atoms with Crippen LogP contribution in [-0.2, 0) is 30.6 Å². The largest absolute Gasteiger partial charge is 0.358 e. The summed E-state index contributed by atoms with van der Waals surface area (Å²) in [6.07, 6.45) is 6.97. The van der Waals surface area contributed by atoms with Gasteiger partial charge in [0.2, 0.25) is 0 Å². The van der Waals surface area contributed by atoms with Crippen molar-refractivity contribution >= 4 is 16.7 Å². The predicted molar refractivity (Wildman–Crippen MR) is 137 cm³/mol. The highest BCUT2D eigenvalue weighted by Crippen LogP contribution is 2.19. The Hall–Kier alpha value is -4.39. The van der Waals surface area contributed by atoms with Crippen molar-refractivity contribution in [3.8, 4) is 11.3 Å². The molecule has 0 unspecified atom stereocenters. The van der Waals surface area contributed by atoms with Crippen LogP contribution in [0.3, 0.4) is 0 Å². The quantitative estimate of drug-likeness (QED) is 0.325. The number of Topliss-reactive ketones (excluding diaryl/α,β-unsaturated/α-hetero) is 1. The molecule has 0 radical (unpaired) electrons. The lowest BCUT2D eigenvalue weighted by molar-refractivity contribution is -0.119. The Balaban J connectivity index is 1.36. The van der Waals surface area contributed by atoms with Gasteiger partial charge in [0.05, 0.1) is 18.4 Å². The molecule has 0 spiro atoms. The highest BCUT2D eigenvalue weighted by molar-refractivity contribution is 5.81. The van der Waals surface area contributed by atoms with Crippen LogP contribution in [0.2, 0.25) is 0 Å². The second-order valence-electron chi connectivity index (χ2n) is 8.77. The zero-order valence-electron chi connectivity index (χ0n) is 19.7. The van der Waals surface area contributed by atoms with Crippen molar-refractivity contribution in [2.24, 2.45) is 0 Å². The zero-order valence-corrected chi connectivity index (χ0v) is 19.7. The molecule has 0 aliphatic carbocycles. The summed E-state index contributed by atoms with van der Waals surface area (Å²) in [5.41, 5.74) is 4.39. The number of rotatable bonds is 9. The molecule has 36 heavy (non-hydrogen) atoms. The molecule has 0 amide bonds. The van der Waals surface area contributed by atoms with Gasteiger partial charge in [-0.1, -0.05) is 42.5 Å². The Kier molecular flexibility index (Phi) is 6.80. The lowest BCUT2D eigenvalue weighted by Gasteiger charge is -2.14. The summed E-state index contributed by atoms with van der Waals surface area (Å²) in [6.45, 7) is -0.0308. The number of nitrogens with one attached hydrogen (secondary N) is 1. The van der Waals surface area contributed by atoms with Gasteiger partial charge in [0, 0.05) is 35.4 Å². The van der Waals surface area contributed by atoms with Crippen molar-refractivity contribution in [2.75, 3.05) is 0 Å². The molecule has 0 saturated heterocycles. The summed E-state index contributed by atoms with van der Waals surface area (Å²) >= 11 is 0. The molecule has 5 aromatic rings. The maximum atomic E-state index is 13.4. The standard InChI is InChI=1S/C29H25FN4O2/c30-23-9-6-20(7-10-23)8-13-27-29(36)34(28(18-32-27)21-4-2-1-3-5-21)19-25(35)12-11-24-16-22-17-31-15-14-26(22)33-24/h1-7,9-10,14-18,33H,8,11-13,19H2. The summed E-state index contributed by atoms with van der Waals surface area (Å²) in [7, 11) is 0. The van der Waals surface area contributed by atoms with Crippen LogP contribution in [0, 0.1) is 5.82 Å². The number of aromatic amines is 1. The van der Waals surface area contributed by atoms with E-state index in [2.05, 4.69) is 15.0 Å². The van der Waals surface area contributed by atoms with Gasteiger partial charge < -0.3 is 4.98 Å². The van der Waals surface area contributed by atoms with E-state index in [1.807, 2.05) is 42.5 Å². The average Bonchev–Trinajstić information content (AvgIpc) is 3.32. The molecule has 1 N–H and O–H groups in total. The molecule has 7 heteroatoms.